The zero-order valence-electron chi connectivity index (χ0n) is 18.3. The molecule has 0 aliphatic carbocycles. The van der Waals surface area contributed by atoms with Crippen molar-refractivity contribution in [3.8, 4) is 5.69 Å². The molecule has 0 bridgehead atoms. The molecule has 1 N–H and O–H groups in total. The van der Waals surface area contributed by atoms with Crippen LogP contribution in [-0.2, 0) is 4.79 Å². The Hall–Kier alpha value is -3.12. The Morgan fingerprint density at radius 3 is 2.31 bits per heavy atom. The summed E-state index contributed by atoms with van der Waals surface area (Å²) < 4.78 is 1.81. The molecule has 2 aromatic carbocycles. The molecule has 0 saturated carbocycles. The normalized spacial score (nSPS) is 14.6. The van der Waals surface area contributed by atoms with Crippen molar-refractivity contribution in [1.82, 2.24) is 14.7 Å². The van der Waals surface area contributed by atoms with E-state index in [4.69, 9.17) is 11.6 Å². The summed E-state index contributed by atoms with van der Waals surface area (Å²) in [4.78, 5) is 27.8. The second kappa shape index (κ2) is 9.57. The third-order valence-corrected chi connectivity index (χ3v) is 6.10. The smallest absolute Gasteiger partial charge is 0.257 e. The number of likely N-dealkylation sites (tertiary alicyclic amines) is 1. The van der Waals surface area contributed by atoms with Gasteiger partial charge >= 0.3 is 0 Å². The average molecular weight is 451 g/mol. The highest BCUT2D eigenvalue weighted by atomic mass is 35.5. The van der Waals surface area contributed by atoms with Gasteiger partial charge in [-0.2, -0.15) is 5.10 Å². The third-order valence-electron chi connectivity index (χ3n) is 5.85. The van der Waals surface area contributed by atoms with Crippen LogP contribution in [0.2, 0.25) is 5.02 Å². The maximum atomic E-state index is 13.3. The van der Waals surface area contributed by atoms with Crippen LogP contribution in [0, 0.1) is 5.92 Å². The van der Waals surface area contributed by atoms with E-state index >= 15 is 0 Å². The molecule has 3 aromatic rings. The number of para-hydroxylation sites is 1. The number of nitrogens with one attached hydrogen (secondary N) is 1. The van der Waals surface area contributed by atoms with Crippen LogP contribution in [0.4, 0.5) is 5.69 Å². The summed E-state index contributed by atoms with van der Waals surface area (Å²) >= 11 is 6.02. The molecule has 1 aromatic heterocycles. The van der Waals surface area contributed by atoms with Crippen LogP contribution >= 0.6 is 11.6 Å². The van der Waals surface area contributed by atoms with Crippen LogP contribution in [0.3, 0.4) is 0 Å². The molecule has 6 nitrogen and oxygen atoms in total. The standard InChI is InChI=1S/C25H27ClN4O2/c1-17(2)23-22(16-27-30(23)21-10-8-19(26)9-11-21)25(32)29-14-12-18(13-15-29)24(31)28-20-6-4-3-5-7-20/h3-11,16-18H,12-15H2,1-2H3,(H,28,31). The predicted octanol–water partition coefficient (Wildman–Crippen LogP) is 5.14. The van der Waals surface area contributed by atoms with Crippen molar-refractivity contribution in [2.75, 3.05) is 18.4 Å². The second-order valence-corrected chi connectivity index (χ2v) is 8.84. The largest absolute Gasteiger partial charge is 0.338 e. The number of carbonyl (C=O) groups excluding carboxylic acids is 2. The Labute approximate surface area is 193 Å². The van der Waals surface area contributed by atoms with Gasteiger partial charge in [-0.3, -0.25) is 9.59 Å². The van der Waals surface area contributed by atoms with Gasteiger partial charge in [0, 0.05) is 29.7 Å². The highest BCUT2D eigenvalue weighted by Crippen LogP contribution is 2.27. The van der Waals surface area contributed by atoms with Crippen LogP contribution < -0.4 is 5.32 Å². The fraction of sp³-hybridized carbons (Fsp3) is 0.320. The Kier molecular flexibility index (Phi) is 6.61. The highest BCUT2D eigenvalue weighted by Gasteiger charge is 2.30. The lowest BCUT2D eigenvalue weighted by molar-refractivity contribution is -0.121. The van der Waals surface area contributed by atoms with Gasteiger partial charge in [-0.15, -0.1) is 0 Å². The van der Waals surface area contributed by atoms with Gasteiger partial charge in [0.25, 0.3) is 5.91 Å². The number of anilines is 1. The zero-order valence-corrected chi connectivity index (χ0v) is 19.0. The van der Waals surface area contributed by atoms with E-state index in [1.165, 1.54) is 0 Å². The topological polar surface area (TPSA) is 67.2 Å². The molecule has 0 atom stereocenters. The molecule has 1 aliphatic heterocycles. The quantitative estimate of drug-likeness (QED) is 0.585. The van der Waals surface area contributed by atoms with E-state index in [0.29, 0.717) is 36.5 Å². The number of rotatable bonds is 5. The Morgan fingerprint density at radius 1 is 1.03 bits per heavy atom. The molecule has 1 fully saturated rings. The van der Waals surface area contributed by atoms with Gasteiger partial charge in [0.2, 0.25) is 5.91 Å². The first kappa shape index (κ1) is 22.1. The van der Waals surface area contributed by atoms with Crippen LogP contribution in [0.15, 0.2) is 60.8 Å². The van der Waals surface area contributed by atoms with Crippen molar-refractivity contribution in [2.24, 2.45) is 5.92 Å². The number of halogens is 1. The van der Waals surface area contributed by atoms with Crippen molar-refractivity contribution in [3.63, 3.8) is 0 Å². The highest BCUT2D eigenvalue weighted by molar-refractivity contribution is 6.30. The number of nitrogens with zero attached hydrogens (tertiary/aromatic N) is 3. The summed E-state index contributed by atoms with van der Waals surface area (Å²) in [6, 6.07) is 16.9. The zero-order chi connectivity index (χ0) is 22.7. The van der Waals surface area contributed by atoms with E-state index in [0.717, 1.165) is 17.1 Å². The van der Waals surface area contributed by atoms with Crippen LogP contribution in [0.25, 0.3) is 5.69 Å². The second-order valence-electron chi connectivity index (χ2n) is 8.41. The number of hydrogen-bond donors (Lipinski definition) is 1. The number of hydrogen-bond acceptors (Lipinski definition) is 3. The van der Waals surface area contributed by atoms with Crippen molar-refractivity contribution in [3.05, 3.63) is 77.1 Å². The minimum absolute atomic E-state index is 0.0155. The number of amides is 2. The lowest BCUT2D eigenvalue weighted by atomic mass is 9.95. The summed E-state index contributed by atoms with van der Waals surface area (Å²) in [5.41, 5.74) is 3.16. The lowest BCUT2D eigenvalue weighted by Crippen LogP contribution is -2.41. The fourth-order valence-corrected chi connectivity index (χ4v) is 4.27. The third kappa shape index (κ3) is 4.70. The molecule has 7 heteroatoms. The molecule has 0 spiro atoms. The first-order valence-electron chi connectivity index (χ1n) is 10.9. The predicted molar refractivity (Wildman–Crippen MR) is 126 cm³/mol. The van der Waals surface area contributed by atoms with Gasteiger partial charge in [-0.25, -0.2) is 4.68 Å². The van der Waals surface area contributed by atoms with Gasteiger partial charge in [0.05, 0.1) is 23.1 Å². The minimum atomic E-state index is -0.0967. The van der Waals surface area contributed by atoms with Crippen molar-refractivity contribution in [2.45, 2.75) is 32.6 Å². The molecular weight excluding hydrogens is 424 g/mol. The van der Waals surface area contributed by atoms with E-state index in [1.54, 1.807) is 6.20 Å². The summed E-state index contributed by atoms with van der Waals surface area (Å²) in [6.45, 7) is 5.21. The average Bonchev–Trinajstić information content (AvgIpc) is 3.25. The van der Waals surface area contributed by atoms with Crippen LogP contribution in [-0.4, -0.2) is 39.6 Å². The number of carbonyl (C=O) groups is 2. The number of piperidine rings is 1. The monoisotopic (exact) mass is 450 g/mol. The first-order chi connectivity index (χ1) is 15.4. The first-order valence-corrected chi connectivity index (χ1v) is 11.3. The van der Waals surface area contributed by atoms with E-state index in [-0.39, 0.29) is 23.7 Å². The van der Waals surface area contributed by atoms with E-state index in [9.17, 15) is 9.59 Å². The summed E-state index contributed by atoms with van der Waals surface area (Å²) in [5, 5.41) is 8.13. The molecular formula is C25H27ClN4O2. The minimum Gasteiger partial charge on any atom is -0.338 e. The molecule has 166 valence electrons. The molecule has 4 rings (SSSR count). The van der Waals surface area contributed by atoms with Gasteiger partial charge in [-0.1, -0.05) is 43.6 Å². The van der Waals surface area contributed by atoms with Gasteiger partial charge in [0.1, 0.15) is 0 Å². The SMILES string of the molecule is CC(C)c1c(C(=O)N2CCC(C(=O)Nc3ccccc3)CC2)cnn1-c1ccc(Cl)cc1. The molecule has 0 radical (unpaired) electrons. The summed E-state index contributed by atoms with van der Waals surface area (Å²) in [6.07, 6.45) is 2.94. The van der Waals surface area contributed by atoms with Crippen LogP contribution in [0.5, 0.6) is 0 Å². The number of aromatic nitrogens is 2. The molecule has 32 heavy (non-hydrogen) atoms. The van der Waals surface area contributed by atoms with Gasteiger partial charge in [0.15, 0.2) is 0 Å². The molecule has 1 saturated heterocycles. The van der Waals surface area contributed by atoms with E-state index < -0.39 is 0 Å². The van der Waals surface area contributed by atoms with Crippen molar-refractivity contribution in [1.29, 1.82) is 0 Å². The Morgan fingerprint density at radius 2 is 1.69 bits per heavy atom. The van der Waals surface area contributed by atoms with Crippen molar-refractivity contribution >= 4 is 29.1 Å². The molecule has 0 unspecified atom stereocenters. The van der Waals surface area contributed by atoms with E-state index in [2.05, 4.69) is 24.3 Å². The van der Waals surface area contributed by atoms with Crippen LogP contribution in [0.1, 0.15) is 48.7 Å². The number of benzene rings is 2. The molecule has 1 aliphatic rings. The maximum Gasteiger partial charge on any atom is 0.257 e. The summed E-state index contributed by atoms with van der Waals surface area (Å²) in [7, 11) is 0. The van der Waals surface area contributed by atoms with Gasteiger partial charge < -0.3 is 10.2 Å². The van der Waals surface area contributed by atoms with Gasteiger partial charge in [-0.05, 0) is 55.2 Å². The van der Waals surface area contributed by atoms with E-state index in [1.807, 2.05) is 64.2 Å². The Bertz CT molecular complexity index is 1080. The summed E-state index contributed by atoms with van der Waals surface area (Å²) in [5.74, 6) is -0.000472. The molecule has 2 heterocycles. The maximum absolute atomic E-state index is 13.3. The van der Waals surface area contributed by atoms with Crippen molar-refractivity contribution < 1.29 is 9.59 Å². The molecule has 2 amide bonds. The lowest BCUT2D eigenvalue weighted by Gasteiger charge is -2.31. The fourth-order valence-electron chi connectivity index (χ4n) is 4.15. The Balaban J connectivity index is 1.45.